The van der Waals surface area contributed by atoms with Gasteiger partial charge in [-0.1, -0.05) is 58.4 Å². The Hall–Kier alpha value is -2.40. The largest absolute Gasteiger partial charge is 0.465 e. The van der Waals surface area contributed by atoms with Crippen LogP contribution in [-0.4, -0.2) is 34.8 Å². The highest BCUT2D eigenvalue weighted by Crippen LogP contribution is 2.24. The monoisotopic (exact) mass is 442 g/mol. The molecule has 0 fully saturated rings. The molecule has 0 amide bonds. The van der Waals surface area contributed by atoms with E-state index in [4.69, 9.17) is 4.74 Å². The number of halogens is 1. The van der Waals surface area contributed by atoms with E-state index in [9.17, 15) is 4.79 Å². The Bertz CT molecular complexity index is 844. The van der Waals surface area contributed by atoms with Crippen molar-refractivity contribution in [3.05, 3.63) is 83.3 Å². The van der Waals surface area contributed by atoms with Crippen molar-refractivity contribution in [2.45, 2.75) is 26.7 Å². The van der Waals surface area contributed by atoms with E-state index in [2.05, 4.69) is 69.7 Å². The highest BCUT2D eigenvalue weighted by molar-refractivity contribution is 9.09. The second-order valence-corrected chi connectivity index (χ2v) is 7.27. The SMILES string of the molecule is C=C(c1cc(C(=O)OC)ccn1)N(CCc1ccc(C)cc1)/C(=C\C)CCBr. The van der Waals surface area contributed by atoms with Gasteiger partial charge in [-0.3, -0.25) is 4.98 Å². The van der Waals surface area contributed by atoms with Crippen LogP contribution in [0.2, 0.25) is 0 Å². The Morgan fingerprint density at radius 3 is 2.61 bits per heavy atom. The van der Waals surface area contributed by atoms with Gasteiger partial charge in [0.2, 0.25) is 0 Å². The Labute approximate surface area is 176 Å². The van der Waals surface area contributed by atoms with Crippen LogP contribution in [0.15, 0.2) is 60.9 Å². The number of esters is 1. The summed E-state index contributed by atoms with van der Waals surface area (Å²) < 4.78 is 4.83. The summed E-state index contributed by atoms with van der Waals surface area (Å²) in [5.74, 6) is -0.380. The number of alkyl halides is 1. The van der Waals surface area contributed by atoms with Gasteiger partial charge in [-0.05, 0) is 44.4 Å². The van der Waals surface area contributed by atoms with Gasteiger partial charge in [0.05, 0.1) is 24.1 Å². The van der Waals surface area contributed by atoms with Gasteiger partial charge < -0.3 is 9.64 Å². The molecule has 0 aliphatic carbocycles. The molecule has 0 spiro atoms. The average Bonchev–Trinajstić information content (AvgIpc) is 2.73. The number of ether oxygens (including phenoxy) is 1. The summed E-state index contributed by atoms with van der Waals surface area (Å²) in [7, 11) is 1.37. The number of hydrogen-bond donors (Lipinski definition) is 0. The zero-order valence-corrected chi connectivity index (χ0v) is 18.3. The number of carbonyl (C=O) groups is 1. The maximum atomic E-state index is 11.9. The minimum absolute atomic E-state index is 0.380. The quantitative estimate of drug-likeness (QED) is 0.386. The molecule has 1 aromatic carbocycles. The summed E-state index contributed by atoms with van der Waals surface area (Å²) in [4.78, 5) is 18.5. The van der Waals surface area contributed by atoms with E-state index in [0.29, 0.717) is 11.3 Å². The van der Waals surface area contributed by atoms with E-state index in [0.717, 1.165) is 30.4 Å². The molecule has 148 valence electrons. The normalized spacial score (nSPS) is 11.2. The first kappa shape index (κ1) is 21.9. The molecule has 5 heteroatoms. The number of hydrogen-bond acceptors (Lipinski definition) is 4. The van der Waals surface area contributed by atoms with Crippen LogP contribution in [0.1, 0.15) is 40.5 Å². The highest BCUT2D eigenvalue weighted by atomic mass is 79.9. The fraction of sp³-hybridized carbons (Fsp3) is 0.304. The molecule has 2 aromatic rings. The summed E-state index contributed by atoms with van der Waals surface area (Å²) in [6.45, 7) is 9.18. The van der Waals surface area contributed by atoms with Crippen LogP contribution < -0.4 is 0 Å². The number of benzene rings is 1. The molecule has 28 heavy (non-hydrogen) atoms. The van der Waals surface area contributed by atoms with Gasteiger partial charge in [0.15, 0.2) is 0 Å². The zero-order valence-electron chi connectivity index (χ0n) is 16.7. The maximum Gasteiger partial charge on any atom is 0.337 e. The fourth-order valence-corrected chi connectivity index (χ4v) is 3.36. The first-order chi connectivity index (χ1) is 13.5. The van der Waals surface area contributed by atoms with E-state index in [-0.39, 0.29) is 5.97 Å². The number of aryl methyl sites for hydroxylation is 1. The molecular formula is C23H27BrN2O2. The number of methoxy groups -OCH3 is 1. The first-order valence-electron chi connectivity index (χ1n) is 9.28. The predicted octanol–water partition coefficient (Wildman–Crippen LogP) is 5.38. The lowest BCUT2D eigenvalue weighted by Gasteiger charge is -2.29. The van der Waals surface area contributed by atoms with Crippen LogP contribution in [0, 0.1) is 6.92 Å². The van der Waals surface area contributed by atoms with E-state index in [1.807, 2.05) is 6.92 Å². The fourth-order valence-electron chi connectivity index (χ4n) is 2.95. The maximum absolute atomic E-state index is 11.9. The highest BCUT2D eigenvalue weighted by Gasteiger charge is 2.17. The van der Waals surface area contributed by atoms with Gasteiger partial charge >= 0.3 is 5.97 Å². The molecule has 0 saturated carbocycles. The molecule has 4 nitrogen and oxygen atoms in total. The van der Waals surface area contributed by atoms with Crippen LogP contribution >= 0.6 is 15.9 Å². The summed E-state index contributed by atoms with van der Waals surface area (Å²) in [6.07, 6.45) is 5.48. The second kappa shape index (κ2) is 10.8. The van der Waals surface area contributed by atoms with Crippen LogP contribution in [0.5, 0.6) is 0 Å². The third kappa shape index (κ3) is 5.80. The smallest absolute Gasteiger partial charge is 0.337 e. The van der Waals surface area contributed by atoms with Crippen molar-refractivity contribution in [3.63, 3.8) is 0 Å². The third-order valence-corrected chi connectivity index (χ3v) is 4.97. The molecule has 0 aliphatic heterocycles. The van der Waals surface area contributed by atoms with Crippen molar-refractivity contribution in [1.82, 2.24) is 9.88 Å². The van der Waals surface area contributed by atoms with Crippen LogP contribution in [-0.2, 0) is 11.2 Å². The lowest BCUT2D eigenvalue weighted by Crippen LogP contribution is -2.25. The van der Waals surface area contributed by atoms with E-state index < -0.39 is 0 Å². The van der Waals surface area contributed by atoms with E-state index >= 15 is 0 Å². The molecule has 0 unspecified atom stereocenters. The number of carbonyl (C=O) groups excluding carboxylic acids is 1. The molecule has 0 bridgehead atoms. The van der Waals surface area contributed by atoms with Crippen LogP contribution in [0.3, 0.4) is 0 Å². The number of aromatic nitrogens is 1. The molecule has 0 saturated heterocycles. The first-order valence-corrected chi connectivity index (χ1v) is 10.4. The van der Waals surface area contributed by atoms with Crippen LogP contribution in [0.4, 0.5) is 0 Å². The lowest BCUT2D eigenvalue weighted by atomic mass is 10.1. The van der Waals surface area contributed by atoms with Crippen molar-refractivity contribution < 1.29 is 9.53 Å². The summed E-state index contributed by atoms with van der Waals surface area (Å²) >= 11 is 3.53. The Kier molecular flexibility index (Phi) is 8.45. The Morgan fingerprint density at radius 2 is 2.00 bits per heavy atom. The summed E-state index contributed by atoms with van der Waals surface area (Å²) in [5, 5.41) is 0.858. The van der Waals surface area contributed by atoms with Crippen molar-refractivity contribution in [2.24, 2.45) is 0 Å². The number of rotatable bonds is 9. The van der Waals surface area contributed by atoms with Gasteiger partial charge in [-0.25, -0.2) is 4.79 Å². The minimum atomic E-state index is -0.380. The van der Waals surface area contributed by atoms with Crippen molar-refractivity contribution >= 4 is 27.6 Å². The number of nitrogens with zero attached hydrogens (tertiary/aromatic N) is 2. The average molecular weight is 443 g/mol. The molecule has 2 rings (SSSR count). The van der Waals surface area contributed by atoms with Crippen molar-refractivity contribution in [3.8, 4) is 0 Å². The van der Waals surface area contributed by atoms with Gasteiger partial charge in [0.25, 0.3) is 0 Å². The van der Waals surface area contributed by atoms with Crippen molar-refractivity contribution in [1.29, 1.82) is 0 Å². The standard InChI is InChI=1S/C23H27BrN2O2/c1-5-21(10-13-24)26(15-12-19-8-6-17(2)7-9-19)18(3)22-16-20(11-14-25-22)23(27)28-4/h5-9,11,14,16H,3,10,12-13,15H2,1-2,4H3/b21-5-. The van der Waals surface area contributed by atoms with Crippen molar-refractivity contribution in [2.75, 3.05) is 19.0 Å². The molecule has 0 N–H and O–H groups in total. The van der Waals surface area contributed by atoms with E-state index in [1.54, 1.807) is 18.3 Å². The van der Waals surface area contributed by atoms with Gasteiger partial charge in [-0.15, -0.1) is 0 Å². The summed E-state index contributed by atoms with van der Waals surface area (Å²) in [6, 6.07) is 12.0. The predicted molar refractivity (Wildman–Crippen MR) is 118 cm³/mol. The molecule has 1 heterocycles. The molecule has 1 aromatic heterocycles. The third-order valence-electron chi connectivity index (χ3n) is 4.58. The number of allylic oxidation sites excluding steroid dienone is 2. The number of pyridine rings is 1. The molecular weight excluding hydrogens is 416 g/mol. The molecule has 0 radical (unpaired) electrons. The second-order valence-electron chi connectivity index (χ2n) is 6.47. The summed E-state index contributed by atoms with van der Waals surface area (Å²) in [5.41, 5.74) is 5.60. The van der Waals surface area contributed by atoms with Gasteiger partial charge in [-0.2, -0.15) is 0 Å². The van der Waals surface area contributed by atoms with Crippen LogP contribution in [0.25, 0.3) is 5.70 Å². The lowest BCUT2D eigenvalue weighted by molar-refractivity contribution is 0.0600. The van der Waals surface area contributed by atoms with Gasteiger partial charge in [0, 0.05) is 23.8 Å². The Balaban J connectivity index is 2.28. The minimum Gasteiger partial charge on any atom is -0.465 e. The van der Waals surface area contributed by atoms with E-state index in [1.165, 1.54) is 23.9 Å². The van der Waals surface area contributed by atoms with Gasteiger partial charge in [0.1, 0.15) is 0 Å². The topological polar surface area (TPSA) is 42.4 Å². The Morgan fingerprint density at radius 1 is 1.29 bits per heavy atom. The molecule has 0 aliphatic rings. The molecule has 0 atom stereocenters. The zero-order chi connectivity index (χ0) is 20.5.